The fourth-order valence-electron chi connectivity index (χ4n) is 3.77. The number of benzene rings is 2. The van der Waals surface area contributed by atoms with Gasteiger partial charge in [-0.2, -0.15) is 0 Å². The summed E-state index contributed by atoms with van der Waals surface area (Å²) in [6, 6.07) is 16.0. The quantitative estimate of drug-likeness (QED) is 0.233. The molecule has 0 N–H and O–H groups in total. The average Bonchev–Trinajstić information content (AvgIpc) is 2.76. The molecule has 0 amide bonds. The summed E-state index contributed by atoms with van der Waals surface area (Å²) in [4.78, 5) is 11.2. The molecule has 0 aliphatic heterocycles. The van der Waals surface area contributed by atoms with Gasteiger partial charge < -0.3 is 14.2 Å². The highest BCUT2D eigenvalue weighted by Crippen LogP contribution is 2.34. The van der Waals surface area contributed by atoms with Crippen LogP contribution in [0, 0.1) is 0 Å². The maximum atomic E-state index is 11.2. The van der Waals surface area contributed by atoms with E-state index in [0.717, 1.165) is 38.2 Å². The molecule has 0 aromatic heterocycles. The summed E-state index contributed by atoms with van der Waals surface area (Å²) in [6.07, 6.45) is 8.15. The molecule has 0 heterocycles. The second-order valence-corrected chi connectivity index (χ2v) is 7.49. The van der Waals surface area contributed by atoms with Gasteiger partial charge >= 0.3 is 5.97 Å². The summed E-state index contributed by atoms with van der Waals surface area (Å²) >= 11 is 0. The van der Waals surface area contributed by atoms with Crippen molar-refractivity contribution < 1.29 is 19.0 Å². The molecular formula is C25H30O4. The Labute approximate surface area is 173 Å². The largest absolute Gasteiger partial charge is 0.468 e. The lowest BCUT2D eigenvalue weighted by Gasteiger charge is -2.28. The second kappa shape index (κ2) is 10.8. The Balaban J connectivity index is 1.37. The molecule has 1 fully saturated rings. The van der Waals surface area contributed by atoms with Crippen LogP contribution in [0.1, 0.15) is 56.1 Å². The van der Waals surface area contributed by atoms with Crippen molar-refractivity contribution in [3.8, 4) is 11.5 Å². The smallest absolute Gasteiger partial charge is 0.335 e. The summed E-state index contributed by atoms with van der Waals surface area (Å²) in [7, 11) is 0. The fraction of sp³-hybridized carbons (Fsp3) is 0.400. The lowest BCUT2D eigenvalue weighted by Crippen LogP contribution is -2.22. The zero-order valence-corrected chi connectivity index (χ0v) is 17.1. The number of ether oxygens (including phenoxy) is 3. The van der Waals surface area contributed by atoms with E-state index in [1.54, 1.807) is 24.3 Å². The van der Waals surface area contributed by atoms with Gasteiger partial charge in [-0.3, -0.25) is 0 Å². The Kier molecular flexibility index (Phi) is 7.88. The molecule has 0 radical (unpaired) electrons. The van der Waals surface area contributed by atoms with Gasteiger partial charge in [0.05, 0.1) is 6.10 Å². The first kappa shape index (κ1) is 21.1. The Morgan fingerprint density at radius 2 is 1.66 bits per heavy atom. The zero-order chi connectivity index (χ0) is 20.5. The Morgan fingerprint density at radius 1 is 1.00 bits per heavy atom. The van der Waals surface area contributed by atoms with Crippen molar-refractivity contribution in [2.75, 3.05) is 6.79 Å². The van der Waals surface area contributed by atoms with Crippen molar-refractivity contribution in [1.29, 1.82) is 0 Å². The van der Waals surface area contributed by atoms with Gasteiger partial charge in [0.1, 0.15) is 11.5 Å². The first-order valence-electron chi connectivity index (χ1n) is 10.5. The highest BCUT2D eigenvalue weighted by Gasteiger charge is 2.23. The molecule has 4 heteroatoms. The molecular weight excluding hydrogens is 364 g/mol. The zero-order valence-electron chi connectivity index (χ0n) is 17.1. The number of aryl methyl sites for hydroxylation is 1. The summed E-state index contributed by atoms with van der Waals surface area (Å²) in [5.74, 6) is 1.31. The second-order valence-electron chi connectivity index (χ2n) is 7.49. The third kappa shape index (κ3) is 6.47. The van der Waals surface area contributed by atoms with Crippen LogP contribution >= 0.6 is 0 Å². The van der Waals surface area contributed by atoms with Gasteiger partial charge in [0.2, 0.25) is 0 Å². The molecule has 1 aliphatic rings. The van der Waals surface area contributed by atoms with Gasteiger partial charge in [-0.05, 0) is 73.4 Å². The van der Waals surface area contributed by atoms with E-state index in [1.807, 2.05) is 0 Å². The summed E-state index contributed by atoms with van der Waals surface area (Å²) in [6.45, 7) is 5.82. The minimum absolute atomic E-state index is 0.229. The van der Waals surface area contributed by atoms with Crippen molar-refractivity contribution in [2.45, 2.75) is 57.5 Å². The van der Waals surface area contributed by atoms with Gasteiger partial charge in [0.25, 0.3) is 0 Å². The van der Waals surface area contributed by atoms with Gasteiger partial charge in [-0.1, -0.05) is 44.2 Å². The van der Waals surface area contributed by atoms with E-state index in [-0.39, 0.29) is 12.9 Å². The number of esters is 1. The Morgan fingerprint density at radius 3 is 2.28 bits per heavy atom. The molecule has 0 spiro atoms. The molecule has 2 aromatic carbocycles. The van der Waals surface area contributed by atoms with Crippen LogP contribution in [-0.2, 0) is 16.0 Å². The maximum absolute atomic E-state index is 11.2. The van der Waals surface area contributed by atoms with E-state index in [1.165, 1.54) is 17.5 Å². The number of hydrogen-bond acceptors (Lipinski definition) is 4. The van der Waals surface area contributed by atoms with Crippen LogP contribution in [0.15, 0.2) is 61.2 Å². The third-order valence-corrected chi connectivity index (χ3v) is 5.40. The predicted octanol–water partition coefficient (Wildman–Crippen LogP) is 5.81. The van der Waals surface area contributed by atoms with Crippen LogP contribution in [0.5, 0.6) is 11.5 Å². The number of rotatable bonds is 9. The normalized spacial score (nSPS) is 18.8. The van der Waals surface area contributed by atoms with Crippen LogP contribution in [-0.4, -0.2) is 18.9 Å². The predicted molar refractivity (Wildman–Crippen MR) is 114 cm³/mol. The minimum atomic E-state index is -0.477. The molecule has 1 saturated carbocycles. The van der Waals surface area contributed by atoms with Gasteiger partial charge in [0.15, 0.2) is 6.79 Å². The SMILES string of the molecule is C=CC(=O)Oc1ccc(OCOC2CCC(c3ccc(CCC)cc3)CC2)cc1. The van der Waals surface area contributed by atoms with E-state index in [0.29, 0.717) is 17.4 Å². The lowest BCUT2D eigenvalue weighted by molar-refractivity contribution is -0.128. The summed E-state index contributed by atoms with van der Waals surface area (Å²) < 4.78 is 16.6. The van der Waals surface area contributed by atoms with Crippen LogP contribution in [0.3, 0.4) is 0 Å². The monoisotopic (exact) mass is 394 g/mol. The minimum Gasteiger partial charge on any atom is -0.468 e. The van der Waals surface area contributed by atoms with Crippen LogP contribution in [0.4, 0.5) is 0 Å². The Bertz CT molecular complexity index is 771. The molecule has 0 atom stereocenters. The molecule has 29 heavy (non-hydrogen) atoms. The van der Waals surface area contributed by atoms with Crippen molar-refractivity contribution in [2.24, 2.45) is 0 Å². The van der Waals surface area contributed by atoms with E-state index in [4.69, 9.17) is 14.2 Å². The van der Waals surface area contributed by atoms with Crippen molar-refractivity contribution >= 4 is 5.97 Å². The Hall–Kier alpha value is -2.59. The maximum Gasteiger partial charge on any atom is 0.335 e. The first-order chi connectivity index (χ1) is 14.2. The standard InChI is InChI=1S/C25H30O4/c1-3-5-19-6-8-20(9-7-19)21-10-12-22(13-11-21)27-18-28-23-14-16-24(17-15-23)29-25(26)4-2/h4,6-9,14-17,21-22H,2-3,5,10-13,18H2,1H3. The van der Waals surface area contributed by atoms with Crippen molar-refractivity contribution in [3.63, 3.8) is 0 Å². The highest BCUT2D eigenvalue weighted by atomic mass is 16.7. The van der Waals surface area contributed by atoms with Crippen LogP contribution < -0.4 is 9.47 Å². The number of hydrogen-bond donors (Lipinski definition) is 0. The van der Waals surface area contributed by atoms with E-state index in [2.05, 4.69) is 37.8 Å². The average molecular weight is 395 g/mol. The van der Waals surface area contributed by atoms with Crippen molar-refractivity contribution in [1.82, 2.24) is 0 Å². The van der Waals surface area contributed by atoms with Crippen LogP contribution in [0.25, 0.3) is 0 Å². The molecule has 1 aliphatic carbocycles. The fourth-order valence-corrected chi connectivity index (χ4v) is 3.77. The molecule has 0 bridgehead atoms. The van der Waals surface area contributed by atoms with Crippen molar-refractivity contribution in [3.05, 3.63) is 72.3 Å². The summed E-state index contributed by atoms with van der Waals surface area (Å²) in [5.41, 5.74) is 2.88. The van der Waals surface area contributed by atoms with Gasteiger partial charge in [-0.25, -0.2) is 4.79 Å². The van der Waals surface area contributed by atoms with E-state index >= 15 is 0 Å². The first-order valence-corrected chi connectivity index (χ1v) is 10.5. The van der Waals surface area contributed by atoms with Gasteiger partial charge in [0, 0.05) is 6.08 Å². The molecule has 0 unspecified atom stereocenters. The summed E-state index contributed by atoms with van der Waals surface area (Å²) in [5, 5.41) is 0. The molecule has 154 valence electrons. The molecule has 0 saturated heterocycles. The van der Waals surface area contributed by atoms with E-state index < -0.39 is 5.97 Å². The third-order valence-electron chi connectivity index (χ3n) is 5.40. The number of carbonyl (C=O) groups excluding carboxylic acids is 1. The molecule has 2 aromatic rings. The van der Waals surface area contributed by atoms with Gasteiger partial charge in [-0.15, -0.1) is 0 Å². The van der Waals surface area contributed by atoms with E-state index in [9.17, 15) is 4.79 Å². The van der Waals surface area contributed by atoms with Crippen LogP contribution in [0.2, 0.25) is 0 Å². The topological polar surface area (TPSA) is 44.8 Å². The number of carbonyl (C=O) groups is 1. The lowest BCUT2D eigenvalue weighted by atomic mass is 9.82. The highest BCUT2D eigenvalue weighted by molar-refractivity contribution is 5.83. The molecule has 3 rings (SSSR count). The molecule has 4 nitrogen and oxygen atoms in total.